The highest BCUT2D eigenvalue weighted by molar-refractivity contribution is 7.92. The number of nitrogens with zero attached hydrogens (tertiary/aromatic N) is 1. The fourth-order valence-corrected chi connectivity index (χ4v) is 4.44. The highest BCUT2D eigenvalue weighted by Gasteiger charge is 2.28. The second-order valence-corrected chi connectivity index (χ2v) is 8.94. The first-order valence-electron chi connectivity index (χ1n) is 8.86. The van der Waals surface area contributed by atoms with E-state index < -0.39 is 10.0 Å². The summed E-state index contributed by atoms with van der Waals surface area (Å²) in [5.74, 6) is 0.299. The third-order valence-corrected chi connectivity index (χ3v) is 5.99. The molecule has 0 unspecified atom stereocenters. The number of rotatable bonds is 8. The Morgan fingerprint density at radius 3 is 2.27 bits per heavy atom. The fourth-order valence-electron chi connectivity index (χ4n) is 2.78. The maximum Gasteiger partial charge on any atom is 0.264 e. The van der Waals surface area contributed by atoms with Crippen LogP contribution in [-0.2, 0) is 16.4 Å². The molecule has 5 nitrogen and oxygen atoms in total. The third kappa shape index (κ3) is 4.56. The van der Waals surface area contributed by atoms with Gasteiger partial charge in [-0.1, -0.05) is 51.1 Å². The van der Waals surface area contributed by atoms with Crippen LogP contribution >= 0.6 is 0 Å². The Balaban J connectivity index is 2.53. The molecule has 2 rings (SSSR count). The van der Waals surface area contributed by atoms with Gasteiger partial charge in [0.15, 0.2) is 0 Å². The zero-order valence-electron chi connectivity index (χ0n) is 15.6. The first-order valence-corrected chi connectivity index (χ1v) is 10.3. The Morgan fingerprint density at radius 1 is 1.04 bits per heavy atom. The van der Waals surface area contributed by atoms with Gasteiger partial charge in [-0.25, -0.2) is 8.42 Å². The molecule has 0 amide bonds. The summed E-state index contributed by atoms with van der Waals surface area (Å²) >= 11 is 0. The van der Waals surface area contributed by atoms with Crippen molar-refractivity contribution >= 4 is 15.7 Å². The molecule has 0 radical (unpaired) electrons. The molecule has 0 bridgehead atoms. The van der Waals surface area contributed by atoms with Crippen LogP contribution in [-0.4, -0.2) is 26.6 Å². The van der Waals surface area contributed by atoms with Crippen molar-refractivity contribution in [3.8, 4) is 5.75 Å². The number of para-hydroxylation sites is 1. The van der Waals surface area contributed by atoms with Crippen molar-refractivity contribution in [3.05, 3.63) is 54.1 Å². The summed E-state index contributed by atoms with van der Waals surface area (Å²) in [7, 11) is -3.77. The van der Waals surface area contributed by atoms with Crippen molar-refractivity contribution in [1.82, 2.24) is 0 Å². The first kappa shape index (κ1) is 20.3. The van der Waals surface area contributed by atoms with E-state index >= 15 is 0 Å². The number of benzene rings is 2. The number of nitrogens with two attached hydrogens (primary N) is 1. The summed E-state index contributed by atoms with van der Waals surface area (Å²) in [6.45, 7) is 6.68. The molecule has 0 spiro atoms. The van der Waals surface area contributed by atoms with Gasteiger partial charge in [0.2, 0.25) is 0 Å². The minimum Gasteiger partial charge on any atom is -0.505 e. The minimum atomic E-state index is -3.77. The van der Waals surface area contributed by atoms with Gasteiger partial charge < -0.3 is 10.8 Å². The molecule has 0 aliphatic carbocycles. The minimum absolute atomic E-state index is 0.00737. The highest BCUT2D eigenvalue weighted by atomic mass is 32.2. The van der Waals surface area contributed by atoms with Gasteiger partial charge in [0.25, 0.3) is 10.0 Å². The van der Waals surface area contributed by atoms with Crippen LogP contribution in [0.1, 0.15) is 26.3 Å². The fraction of sp³-hybridized carbons (Fsp3) is 0.400. The molecule has 2 aromatic rings. The summed E-state index contributed by atoms with van der Waals surface area (Å²) in [6.07, 6.45) is 0.594. The number of aromatic hydroxyl groups is 1. The number of anilines is 1. The summed E-state index contributed by atoms with van der Waals surface area (Å²) in [5, 5.41) is 10.8. The van der Waals surface area contributed by atoms with Crippen LogP contribution in [0.25, 0.3) is 0 Å². The van der Waals surface area contributed by atoms with E-state index in [1.165, 1.54) is 4.31 Å². The smallest absolute Gasteiger partial charge is 0.264 e. The summed E-state index contributed by atoms with van der Waals surface area (Å²) in [5.41, 5.74) is 6.71. The van der Waals surface area contributed by atoms with E-state index in [1.807, 2.05) is 26.8 Å². The number of phenols is 1. The van der Waals surface area contributed by atoms with E-state index in [9.17, 15) is 13.5 Å². The van der Waals surface area contributed by atoms with Crippen LogP contribution < -0.4 is 10.0 Å². The van der Waals surface area contributed by atoms with Gasteiger partial charge in [-0.05, 0) is 48.6 Å². The molecule has 0 fully saturated rings. The van der Waals surface area contributed by atoms with Gasteiger partial charge in [-0.15, -0.1) is 0 Å². The van der Waals surface area contributed by atoms with Crippen molar-refractivity contribution in [3.63, 3.8) is 0 Å². The van der Waals surface area contributed by atoms with Gasteiger partial charge in [-0.3, -0.25) is 4.31 Å². The van der Waals surface area contributed by atoms with Crippen LogP contribution in [0.15, 0.2) is 53.4 Å². The third-order valence-electron chi connectivity index (χ3n) is 4.20. The summed E-state index contributed by atoms with van der Waals surface area (Å²) < 4.78 is 27.7. The van der Waals surface area contributed by atoms with E-state index in [0.29, 0.717) is 24.2 Å². The Bertz CT molecular complexity index is 820. The zero-order valence-corrected chi connectivity index (χ0v) is 16.4. The van der Waals surface area contributed by atoms with Crippen LogP contribution in [0, 0.1) is 11.8 Å². The molecular weight excluding hydrogens is 348 g/mol. The molecule has 1 atom stereocenters. The average molecular weight is 377 g/mol. The number of hydrogen-bond donors (Lipinski definition) is 2. The highest BCUT2D eigenvalue weighted by Crippen LogP contribution is 2.36. The second kappa shape index (κ2) is 8.56. The van der Waals surface area contributed by atoms with E-state index in [4.69, 9.17) is 5.73 Å². The summed E-state index contributed by atoms with van der Waals surface area (Å²) in [6, 6.07) is 13.5. The lowest BCUT2D eigenvalue weighted by Gasteiger charge is -2.27. The molecule has 6 heteroatoms. The second-order valence-electron chi connectivity index (χ2n) is 7.07. The van der Waals surface area contributed by atoms with Gasteiger partial charge in [0, 0.05) is 6.54 Å². The first-order chi connectivity index (χ1) is 12.3. The molecule has 142 valence electrons. The number of sulfonamides is 1. The Morgan fingerprint density at radius 2 is 1.69 bits per heavy atom. The summed E-state index contributed by atoms with van der Waals surface area (Å²) in [4.78, 5) is 0.209. The van der Waals surface area contributed by atoms with Crippen LogP contribution in [0.5, 0.6) is 5.75 Å². The monoisotopic (exact) mass is 376 g/mol. The standard InChI is InChI=1S/C20H28N2O3S/c1-15(2)14-22(26(24,25)18-9-5-4-6-10-18)19-11-7-8-17(20(19)23)12-16(3)13-21/h4-11,15-16,23H,12-14,21H2,1-3H3/t16-/m1/s1. The topological polar surface area (TPSA) is 83.6 Å². The van der Waals surface area contributed by atoms with Gasteiger partial charge in [0.05, 0.1) is 10.6 Å². The van der Waals surface area contributed by atoms with E-state index in [0.717, 1.165) is 0 Å². The Hall–Kier alpha value is -2.05. The van der Waals surface area contributed by atoms with E-state index in [2.05, 4.69) is 0 Å². The Kier molecular flexibility index (Phi) is 6.67. The lowest BCUT2D eigenvalue weighted by Crippen LogP contribution is -2.34. The normalized spacial score (nSPS) is 13.0. The molecule has 0 saturated carbocycles. The molecule has 0 aliphatic rings. The molecule has 2 aromatic carbocycles. The molecular formula is C20H28N2O3S. The van der Waals surface area contributed by atoms with Crippen LogP contribution in [0.3, 0.4) is 0 Å². The SMILES string of the molecule is CC(C)CN(c1cccc(C[C@@H](C)CN)c1O)S(=O)(=O)c1ccccc1. The van der Waals surface area contributed by atoms with Gasteiger partial charge in [0.1, 0.15) is 5.75 Å². The number of phenolic OH excluding ortho intramolecular Hbond substituents is 1. The number of hydrogen-bond acceptors (Lipinski definition) is 4. The predicted molar refractivity (Wildman–Crippen MR) is 106 cm³/mol. The largest absolute Gasteiger partial charge is 0.505 e. The van der Waals surface area contributed by atoms with Crippen LogP contribution in [0.2, 0.25) is 0 Å². The van der Waals surface area contributed by atoms with Gasteiger partial charge in [-0.2, -0.15) is 0 Å². The average Bonchev–Trinajstić information content (AvgIpc) is 2.62. The molecule has 26 heavy (non-hydrogen) atoms. The molecule has 0 saturated heterocycles. The van der Waals surface area contributed by atoms with Gasteiger partial charge >= 0.3 is 0 Å². The molecule has 0 heterocycles. The predicted octanol–water partition coefficient (Wildman–Crippen LogP) is 3.38. The lowest BCUT2D eigenvalue weighted by molar-refractivity contribution is 0.459. The Labute approximate surface area is 156 Å². The lowest BCUT2D eigenvalue weighted by atomic mass is 10.00. The molecule has 0 aromatic heterocycles. The maximum atomic E-state index is 13.2. The van der Waals surface area contributed by atoms with Crippen molar-refractivity contribution in [2.24, 2.45) is 17.6 Å². The van der Waals surface area contributed by atoms with Crippen LogP contribution in [0.4, 0.5) is 5.69 Å². The maximum absolute atomic E-state index is 13.2. The van der Waals surface area contributed by atoms with Crippen molar-refractivity contribution in [2.75, 3.05) is 17.4 Å². The van der Waals surface area contributed by atoms with Crippen molar-refractivity contribution in [2.45, 2.75) is 32.1 Å². The molecule has 0 aliphatic heterocycles. The van der Waals surface area contributed by atoms with Crippen molar-refractivity contribution < 1.29 is 13.5 Å². The van der Waals surface area contributed by atoms with E-state index in [-0.39, 0.29) is 29.0 Å². The van der Waals surface area contributed by atoms with Crippen molar-refractivity contribution in [1.29, 1.82) is 0 Å². The van der Waals surface area contributed by atoms with E-state index in [1.54, 1.807) is 42.5 Å². The quantitative estimate of drug-likeness (QED) is 0.740. The zero-order chi connectivity index (χ0) is 19.3. The molecule has 3 N–H and O–H groups in total.